The van der Waals surface area contributed by atoms with Crippen LogP contribution in [0.5, 0.6) is 0 Å². The molecule has 1 aliphatic rings. The minimum Gasteiger partial charge on any atom is -0.312 e. The Kier molecular flexibility index (Phi) is 4.64. The number of nitrogens with one attached hydrogen (secondary N) is 1. The van der Waals surface area contributed by atoms with E-state index in [9.17, 15) is 8.42 Å². The number of hydrogen-bond acceptors (Lipinski definition) is 3. The lowest BCUT2D eigenvalue weighted by Crippen LogP contribution is -2.47. The van der Waals surface area contributed by atoms with E-state index in [1.807, 2.05) is 0 Å². The van der Waals surface area contributed by atoms with Crippen molar-refractivity contribution in [2.24, 2.45) is 5.41 Å². The molecule has 4 heteroatoms. The molecule has 1 saturated carbocycles. The molecule has 1 aliphatic carbocycles. The van der Waals surface area contributed by atoms with Gasteiger partial charge in [-0.3, -0.25) is 0 Å². The zero-order valence-corrected chi connectivity index (χ0v) is 12.5. The first-order valence-electron chi connectivity index (χ1n) is 6.55. The van der Waals surface area contributed by atoms with Crippen LogP contribution >= 0.6 is 0 Å². The van der Waals surface area contributed by atoms with Gasteiger partial charge in [0.1, 0.15) is 9.84 Å². The van der Waals surface area contributed by atoms with Crippen LogP contribution in [0.2, 0.25) is 0 Å². The summed E-state index contributed by atoms with van der Waals surface area (Å²) in [7, 11) is -2.79. The van der Waals surface area contributed by atoms with Crippen molar-refractivity contribution in [1.29, 1.82) is 0 Å². The van der Waals surface area contributed by atoms with Crippen molar-refractivity contribution in [3.63, 3.8) is 0 Å². The molecule has 0 aliphatic heterocycles. The van der Waals surface area contributed by atoms with Gasteiger partial charge in [0.25, 0.3) is 0 Å². The third-order valence-electron chi connectivity index (χ3n) is 3.63. The first kappa shape index (κ1) is 15.0. The third kappa shape index (κ3) is 5.87. The van der Waals surface area contributed by atoms with Gasteiger partial charge in [-0.1, -0.05) is 6.42 Å². The fourth-order valence-corrected chi connectivity index (χ4v) is 3.02. The number of rotatable bonds is 6. The van der Waals surface area contributed by atoms with E-state index in [0.29, 0.717) is 11.2 Å². The van der Waals surface area contributed by atoms with Gasteiger partial charge in [-0.2, -0.15) is 0 Å². The number of sulfone groups is 1. The summed E-state index contributed by atoms with van der Waals surface area (Å²) in [6, 6.07) is 0. The molecule has 0 atom stereocenters. The second kappa shape index (κ2) is 5.27. The Labute approximate surface area is 106 Å². The molecule has 0 unspecified atom stereocenters. The summed E-state index contributed by atoms with van der Waals surface area (Å²) in [5.41, 5.74) is 0.525. The molecule has 0 radical (unpaired) electrons. The van der Waals surface area contributed by atoms with E-state index >= 15 is 0 Å². The lowest BCUT2D eigenvalue weighted by Gasteiger charge is -2.44. The van der Waals surface area contributed by atoms with Crippen LogP contribution in [0.25, 0.3) is 0 Å². The molecule has 0 saturated heterocycles. The highest BCUT2D eigenvalue weighted by atomic mass is 32.2. The van der Waals surface area contributed by atoms with E-state index in [2.05, 4.69) is 26.1 Å². The first-order chi connectivity index (χ1) is 7.62. The van der Waals surface area contributed by atoms with Gasteiger partial charge in [-0.15, -0.1) is 0 Å². The van der Waals surface area contributed by atoms with Crippen molar-refractivity contribution >= 4 is 9.84 Å². The highest BCUT2D eigenvalue weighted by molar-refractivity contribution is 7.90. The van der Waals surface area contributed by atoms with Gasteiger partial charge < -0.3 is 5.32 Å². The quantitative estimate of drug-likeness (QED) is 0.798. The van der Waals surface area contributed by atoms with E-state index in [4.69, 9.17) is 0 Å². The predicted octanol–water partition coefficient (Wildman–Crippen LogP) is 2.37. The summed E-state index contributed by atoms with van der Waals surface area (Å²) < 4.78 is 22.2. The first-order valence-corrected chi connectivity index (χ1v) is 8.61. The van der Waals surface area contributed by atoms with Crippen LogP contribution in [0, 0.1) is 5.41 Å². The van der Waals surface area contributed by atoms with Crippen LogP contribution in [0.3, 0.4) is 0 Å². The third-order valence-corrected chi connectivity index (χ3v) is 4.66. The van der Waals surface area contributed by atoms with E-state index in [0.717, 1.165) is 19.4 Å². The van der Waals surface area contributed by atoms with Crippen LogP contribution in [0.1, 0.15) is 52.9 Å². The van der Waals surface area contributed by atoms with Crippen LogP contribution in [-0.4, -0.2) is 32.5 Å². The molecule has 102 valence electrons. The lowest BCUT2D eigenvalue weighted by atomic mass is 9.66. The minimum absolute atomic E-state index is 0.152. The van der Waals surface area contributed by atoms with Gasteiger partial charge >= 0.3 is 0 Å². The summed E-state index contributed by atoms with van der Waals surface area (Å²) in [5, 5.41) is 3.56. The molecule has 0 aromatic heterocycles. The van der Waals surface area contributed by atoms with Gasteiger partial charge in [0.15, 0.2) is 0 Å². The molecule has 0 heterocycles. The SMILES string of the molecule is CC(C)(C)NCC1(CCCS(C)(=O)=O)CCC1. The molecular weight excluding hydrogens is 234 g/mol. The standard InChI is InChI=1S/C13H27NO2S/c1-12(2,3)14-11-13(7-5-8-13)9-6-10-17(4,15)16/h14H,5-11H2,1-4H3. The van der Waals surface area contributed by atoms with Crippen LogP contribution < -0.4 is 5.32 Å². The smallest absolute Gasteiger partial charge is 0.147 e. The minimum atomic E-state index is -2.79. The largest absolute Gasteiger partial charge is 0.312 e. The molecule has 1 fully saturated rings. The van der Waals surface area contributed by atoms with E-state index < -0.39 is 9.84 Å². The Bertz CT molecular complexity index is 337. The maximum Gasteiger partial charge on any atom is 0.147 e. The molecule has 17 heavy (non-hydrogen) atoms. The topological polar surface area (TPSA) is 46.2 Å². The predicted molar refractivity (Wildman–Crippen MR) is 73.0 cm³/mol. The second-order valence-electron chi connectivity index (χ2n) is 6.69. The van der Waals surface area contributed by atoms with Gasteiger partial charge in [0.2, 0.25) is 0 Å². The Balaban J connectivity index is 2.36. The van der Waals surface area contributed by atoms with Gasteiger partial charge in [0.05, 0.1) is 0 Å². The maximum atomic E-state index is 11.1. The van der Waals surface area contributed by atoms with Crippen LogP contribution in [-0.2, 0) is 9.84 Å². The second-order valence-corrected chi connectivity index (χ2v) is 8.95. The van der Waals surface area contributed by atoms with E-state index in [1.165, 1.54) is 25.5 Å². The zero-order valence-electron chi connectivity index (χ0n) is 11.7. The van der Waals surface area contributed by atoms with Crippen LogP contribution in [0.4, 0.5) is 0 Å². The van der Waals surface area contributed by atoms with Crippen molar-refractivity contribution in [3.05, 3.63) is 0 Å². The molecule has 0 amide bonds. The molecule has 0 bridgehead atoms. The van der Waals surface area contributed by atoms with E-state index in [-0.39, 0.29) is 5.54 Å². The Hall–Kier alpha value is -0.0900. The van der Waals surface area contributed by atoms with Crippen molar-refractivity contribution in [2.75, 3.05) is 18.6 Å². The van der Waals surface area contributed by atoms with Crippen molar-refractivity contribution in [2.45, 2.75) is 58.4 Å². The Morgan fingerprint density at radius 1 is 1.24 bits per heavy atom. The normalized spacial score (nSPS) is 20.0. The van der Waals surface area contributed by atoms with E-state index in [1.54, 1.807) is 0 Å². The zero-order chi connectivity index (χ0) is 13.2. The summed E-state index contributed by atoms with van der Waals surface area (Å²) in [6.45, 7) is 7.56. The Morgan fingerprint density at radius 2 is 1.82 bits per heavy atom. The average molecular weight is 261 g/mol. The summed E-state index contributed by atoms with van der Waals surface area (Å²) in [5.74, 6) is 0.338. The summed E-state index contributed by atoms with van der Waals surface area (Å²) in [4.78, 5) is 0. The average Bonchev–Trinajstić information content (AvgIpc) is 2.04. The fourth-order valence-electron chi connectivity index (χ4n) is 2.35. The molecule has 0 aromatic rings. The Morgan fingerprint density at radius 3 is 2.18 bits per heavy atom. The molecule has 1 rings (SSSR count). The maximum absolute atomic E-state index is 11.1. The highest BCUT2D eigenvalue weighted by Gasteiger charge is 2.36. The van der Waals surface area contributed by atoms with Gasteiger partial charge in [-0.05, 0) is 51.9 Å². The molecular formula is C13H27NO2S. The number of hydrogen-bond donors (Lipinski definition) is 1. The monoisotopic (exact) mass is 261 g/mol. The molecule has 0 aromatic carbocycles. The highest BCUT2D eigenvalue weighted by Crippen LogP contribution is 2.44. The summed E-state index contributed by atoms with van der Waals surface area (Å²) in [6.07, 6.45) is 6.98. The van der Waals surface area contributed by atoms with Gasteiger partial charge in [0, 0.05) is 24.1 Å². The molecule has 1 N–H and O–H groups in total. The lowest BCUT2D eigenvalue weighted by molar-refractivity contribution is 0.105. The molecule has 0 spiro atoms. The van der Waals surface area contributed by atoms with Gasteiger partial charge in [-0.25, -0.2) is 8.42 Å². The fraction of sp³-hybridized carbons (Fsp3) is 1.00. The van der Waals surface area contributed by atoms with Crippen molar-refractivity contribution in [1.82, 2.24) is 5.32 Å². The van der Waals surface area contributed by atoms with Crippen molar-refractivity contribution < 1.29 is 8.42 Å². The van der Waals surface area contributed by atoms with Crippen molar-refractivity contribution in [3.8, 4) is 0 Å². The van der Waals surface area contributed by atoms with Crippen LogP contribution in [0.15, 0.2) is 0 Å². The summed E-state index contributed by atoms with van der Waals surface area (Å²) >= 11 is 0. The molecule has 3 nitrogen and oxygen atoms in total.